The first-order chi connectivity index (χ1) is 11.4. The van der Waals surface area contributed by atoms with Crippen molar-refractivity contribution in [1.82, 2.24) is 10.2 Å². The summed E-state index contributed by atoms with van der Waals surface area (Å²) in [5, 5.41) is 11.6. The van der Waals surface area contributed by atoms with Gasteiger partial charge in [0.2, 0.25) is 0 Å². The standard InChI is InChI=1S/C18H36N2O5/c1-17(2,3)24-15(22)19-11-7-8-12-20(13-9-10-14-21)16(23)25-18(4,5)6/h21H,7-14H2,1-6H3,(H,19,22). The van der Waals surface area contributed by atoms with E-state index in [4.69, 9.17) is 14.6 Å². The van der Waals surface area contributed by atoms with E-state index < -0.39 is 17.3 Å². The average molecular weight is 360 g/mol. The van der Waals surface area contributed by atoms with Gasteiger partial charge in [-0.25, -0.2) is 9.59 Å². The molecular formula is C18H36N2O5. The molecule has 0 aromatic heterocycles. The van der Waals surface area contributed by atoms with Gasteiger partial charge in [-0.1, -0.05) is 0 Å². The molecule has 0 aliphatic carbocycles. The van der Waals surface area contributed by atoms with Gasteiger partial charge in [-0.3, -0.25) is 0 Å². The highest BCUT2D eigenvalue weighted by Crippen LogP contribution is 2.11. The minimum absolute atomic E-state index is 0.113. The van der Waals surface area contributed by atoms with Gasteiger partial charge in [0.25, 0.3) is 0 Å². The number of aliphatic hydroxyl groups is 1. The fourth-order valence-corrected chi connectivity index (χ4v) is 1.97. The topological polar surface area (TPSA) is 88.1 Å². The van der Waals surface area contributed by atoms with E-state index in [1.165, 1.54) is 0 Å². The predicted octanol–water partition coefficient (Wildman–Crippen LogP) is 3.30. The first kappa shape index (κ1) is 23.5. The Balaban J connectivity index is 4.20. The Morgan fingerprint density at radius 2 is 1.40 bits per heavy atom. The summed E-state index contributed by atoms with van der Waals surface area (Å²) >= 11 is 0. The Morgan fingerprint density at radius 3 is 1.88 bits per heavy atom. The molecule has 0 rings (SSSR count). The molecule has 0 radical (unpaired) electrons. The summed E-state index contributed by atoms with van der Waals surface area (Å²) in [7, 11) is 0. The molecule has 148 valence electrons. The predicted molar refractivity (Wildman–Crippen MR) is 97.6 cm³/mol. The van der Waals surface area contributed by atoms with Gasteiger partial charge in [-0.15, -0.1) is 0 Å². The summed E-state index contributed by atoms with van der Waals surface area (Å²) in [5.41, 5.74) is -1.05. The van der Waals surface area contributed by atoms with Crippen LogP contribution in [0.15, 0.2) is 0 Å². The molecule has 0 aliphatic rings. The first-order valence-corrected chi connectivity index (χ1v) is 9.00. The normalized spacial score (nSPS) is 11.8. The van der Waals surface area contributed by atoms with Crippen molar-refractivity contribution in [2.75, 3.05) is 26.2 Å². The molecule has 0 saturated heterocycles. The highest BCUT2D eigenvalue weighted by Gasteiger charge is 2.21. The number of nitrogens with one attached hydrogen (secondary N) is 1. The second-order valence-electron chi connectivity index (χ2n) is 8.03. The Bertz CT molecular complexity index is 399. The summed E-state index contributed by atoms with van der Waals surface area (Å²) in [6.07, 6.45) is 2.09. The maximum absolute atomic E-state index is 12.2. The Hall–Kier alpha value is -1.50. The number of amides is 2. The van der Waals surface area contributed by atoms with E-state index >= 15 is 0 Å². The molecular weight excluding hydrogens is 324 g/mol. The number of hydrogen-bond donors (Lipinski definition) is 2. The monoisotopic (exact) mass is 360 g/mol. The maximum atomic E-state index is 12.2. The van der Waals surface area contributed by atoms with E-state index in [-0.39, 0.29) is 12.7 Å². The summed E-state index contributed by atoms with van der Waals surface area (Å²) in [6.45, 7) is 12.7. The number of aliphatic hydroxyl groups excluding tert-OH is 1. The van der Waals surface area contributed by atoms with Crippen molar-refractivity contribution in [2.45, 2.75) is 78.4 Å². The molecule has 7 heteroatoms. The summed E-state index contributed by atoms with van der Waals surface area (Å²) in [6, 6.07) is 0. The number of carbonyl (C=O) groups is 2. The van der Waals surface area contributed by atoms with E-state index in [1.807, 2.05) is 41.5 Å². The molecule has 0 unspecified atom stereocenters. The van der Waals surface area contributed by atoms with Crippen LogP contribution in [0.2, 0.25) is 0 Å². The number of alkyl carbamates (subject to hydrolysis) is 1. The lowest BCUT2D eigenvalue weighted by Gasteiger charge is -2.27. The molecule has 7 nitrogen and oxygen atoms in total. The lowest BCUT2D eigenvalue weighted by Crippen LogP contribution is -2.38. The van der Waals surface area contributed by atoms with Crippen molar-refractivity contribution in [3.8, 4) is 0 Å². The van der Waals surface area contributed by atoms with Crippen LogP contribution in [-0.4, -0.2) is 59.6 Å². The lowest BCUT2D eigenvalue weighted by atomic mass is 10.2. The summed E-state index contributed by atoms with van der Waals surface area (Å²) in [4.78, 5) is 25.4. The maximum Gasteiger partial charge on any atom is 0.410 e. The fourth-order valence-electron chi connectivity index (χ4n) is 1.97. The van der Waals surface area contributed by atoms with Crippen molar-refractivity contribution in [3.05, 3.63) is 0 Å². The fraction of sp³-hybridized carbons (Fsp3) is 0.889. The number of rotatable bonds is 9. The Morgan fingerprint density at radius 1 is 0.880 bits per heavy atom. The van der Waals surface area contributed by atoms with Crippen molar-refractivity contribution >= 4 is 12.2 Å². The van der Waals surface area contributed by atoms with Crippen molar-refractivity contribution in [2.24, 2.45) is 0 Å². The Kier molecular flexibility index (Phi) is 10.5. The molecule has 0 atom stereocenters. The van der Waals surface area contributed by atoms with E-state index in [2.05, 4.69) is 5.32 Å². The first-order valence-electron chi connectivity index (χ1n) is 9.00. The number of unbranched alkanes of at least 4 members (excludes halogenated alkanes) is 2. The van der Waals surface area contributed by atoms with Crippen LogP contribution >= 0.6 is 0 Å². The van der Waals surface area contributed by atoms with Gasteiger partial charge in [-0.2, -0.15) is 0 Å². The van der Waals surface area contributed by atoms with Gasteiger partial charge in [0.1, 0.15) is 11.2 Å². The van der Waals surface area contributed by atoms with Gasteiger partial charge in [0.15, 0.2) is 0 Å². The number of carbonyl (C=O) groups excluding carboxylic acids is 2. The molecule has 25 heavy (non-hydrogen) atoms. The number of nitrogens with zero attached hydrogens (tertiary/aromatic N) is 1. The lowest BCUT2D eigenvalue weighted by molar-refractivity contribution is 0.0239. The van der Waals surface area contributed by atoms with Crippen LogP contribution in [0.5, 0.6) is 0 Å². The highest BCUT2D eigenvalue weighted by molar-refractivity contribution is 5.68. The quantitative estimate of drug-likeness (QED) is 0.616. The molecule has 0 saturated carbocycles. The zero-order chi connectivity index (χ0) is 19.5. The highest BCUT2D eigenvalue weighted by atomic mass is 16.6. The second kappa shape index (κ2) is 11.2. The molecule has 0 aromatic rings. The molecule has 2 amide bonds. The van der Waals surface area contributed by atoms with Crippen LogP contribution in [0.25, 0.3) is 0 Å². The van der Waals surface area contributed by atoms with Crippen molar-refractivity contribution in [1.29, 1.82) is 0 Å². The molecule has 0 aromatic carbocycles. The minimum atomic E-state index is -0.537. The van der Waals surface area contributed by atoms with Gasteiger partial charge in [0, 0.05) is 26.2 Å². The largest absolute Gasteiger partial charge is 0.444 e. The van der Waals surface area contributed by atoms with Crippen LogP contribution < -0.4 is 5.32 Å². The third kappa shape index (κ3) is 14.5. The molecule has 0 bridgehead atoms. The summed E-state index contributed by atoms with van der Waals surface area (Å²) < 4.78 is 10.6. The third-order valence-electron chi connectivity index (χ3n) is 3.01. The number of ether oxygens (including phenoxy) is 2. The van der Waals surface area contributed by atoms with Gasteiger partial charge in [-0.05, 0) is 67.2 Å². The van der Waals surface area contributed by atoms with E-state index in [9.17, 15) is 9.59 Å². The smallest absolute Gasteiger partial charge is 0.410 e. The molecule has 2 N–H and O–H groups in total. The van der Waals surface area contributed by atoms with E-state index in [0.29, 0.717) is 26.1 Å². The second-order valence-corrected chi connectivity index (χ2v) is 8.03. The molecule has 0 heterocycles. The Labute approximate surface area is 152 Å². The van der Waals surface area contributed by atoms with E-state index in [1.54, 1.807) is 4.90 Å². The van der Waals surface area contributed by atoms with Crippen LogP contribution in [0.4, 0.5) is 9.59 Å². The van der Waals surface area contributed by atoms with Gasteiger partial charge in [0.05, 0.1) is 0 Å². The molecule has 0 fully saturated rings. The van der Waals surface area contributed by atoms with Crippen LogP contribution in [0.1, 0.15) is 67.2 Å². The third-order valence-corrected chi connectivity index (χ3v) is 3.01. The zero-order valence-corrected chi connectivity index (χ0v) is 16.7. The SMILES string of the molecule is CC(C)(C)OC(=O)NCCCCN(CCCCO)C(=O)OC(C)(C)C. The van der Waals surface area contributed by atoms with Crippen molar-refractivity contribution < 1.29 is 24.2 Å². The average Bonchev–Trinajstić information content (AvgIpc) is 2.41. The number of hydrogen-bond acceptors (Lipinski definition) is 5. The van der Waals surface area contributed by atoms with Crippen LogP contribution in [0, 0.1) is 0 Å². The molecule has 0 spiro atoms. The minimum Gasteiger partial charge on any atom is -0.444 e. The van der Waals surface area contributed by atoms with Gasteiger partial charge >= 0.3 is 12.2 Å². The zero-order valence-electron chi connectivity index (χ0n) is 16.7. The van der Waals surface area contributed by atoms with Crippen LogP contribution in [0.3, 0.4) is 0 Å². The molecule has 0 aliphatic heterocycles. The summed E-state index contributed by atoms with van der Waals surface area (Å²) in [5.74, 6) is 0. The van der Waals surface area contributed by atoms with E-state index in [0.717, 1.165) is 19.3 Å². The van der Waals surface area contributed by atoms with Gasteiger partial charge < -0.3 is 24.8 Å². The van der Waals surface area contributed by atoms with Crippen LogP contribution in [-0.2, 0) is 9.47 Å². The van der Waals surface area contributed by atoms with Crippen molar-refractivity contribution in [3.63, 3.8) is 0 Å².